The monoisotopic (exact) mass is 558 g/mol. The summed E-state index contributed by atoms with van der Waals surface area (Å²) in [5, 5.41) is 15.1. The summed E-state index contributed by atoms with van der Waals surface area (Å²) in [5.41, 5.74) is 1.64. The number of benzene rings is 2. The largest absolute Gasteiger partial charge is 0.497 e. The van der Waals surface area contributed by atoms with Crippen molar-refractivity contribution >= 4 is 52.0 Å². The first kappa shape index (κ1) is 29.6. The van der Waals surface area contributed by atoms with E-state index in [0.29, 0.717) is 21.7 Å². The van der Waals surface area contributed by atoms with E-state index >= 15 is 0 Å². The third-order valence-electron chi connectivity index (χ3n) is 5.97. The van der Waals surface area contributed by atoms with Crippen LogP contribution in [0.15, 0.2) is 53.3 Å². The third kappa shape index (κ3) is 6.90. The number of nitrogens with zero attached hydrogens (tertiary/aromatic N) is 4. The summed E-state index contributed by atoms with van der Waals surface area (Å²) in [6.07, 6.45) is 6.71. The number of rotatable bonds is 10. The molecule has 0 radical (unpaired) electrons. The molecule has 3 aromatic rings. The zero-order valence-corrected chi connectivity index (χ0v) is 23.5. The highest BCUT2D eigenvalue weighted by Crippen LogP contribution is 2.22. The average Bonchev–Trinajstić information content (AvgIpc) is 3.29. The van der Waals surface area contributed by atoms with Crippen molar-refractivity contribution in [2.75, 3.05) is 49.4 Å². The number of methoxy groups -OCH3 is 1. The van der Waals surface area contributed by atoms with Gasteiger partial charge in [-0.05, 0) is 37.3 Å². The van der Waals surface area contributed by atoms with Crippen molar-refractivity contribution in [3.63, 3.8) is 0 Å². The van der Waals surface area contributed by atoms with Crippen LogP contribution in [-0.4, -0.2) is 50.7 Å². The zero-order chi connectivity index (χ0) is 29.2. The van der Waals surface area contributed by atoms with Crippen molar-refractivity contribution in [2.45, 2.75) is 13.5 Å². The minimum atomic E-state index is -0.638. The second-order valence-corrected chi connectivity index (χ2v) is 9.57. The van der Waals surface area contributed by atoms with Gasteiger partial charge < -0.3 is 25.2 Å². The summed E-state index contributed by atoms with van der Waals surface area (Å²) < 4.78 is 7.19. The zero-order valence-electron chi connectivity index (χ0n) is 22.7. The maximum absolute atomic E-state index is 13.0. The first-order valence-corrected chi connectivity index (χ1v) is 13.1. The molecule has 2 amide bonds. The molecule has 0 aliphatic rings. The van der Waals surface area contributed by atoms with Crippen molar-refractivity contribution in [1.82, 2.24) is 9.88 Å². The number of terminal acetylenes is 1. The van der Waals surface area contributed by atoms with E-state index in [1.165, 1.54) is 10.8 Å². The van der Waals surface area contributed by atoms with Crippen molar-refractivity contribution < 1.29 is 14.3 Å². The van der Waals surface area contributed by atoms with Crippen LogP contribution in [0.25, 0.3) is 11.8 Å². The lowest BCUT2D eigenvalue weighted by Gasteiger charge is -2.24. The van der Waals surface area contributed by atoms with Gasteiger partial charge in [0, 0.05) is 50.0 Å². The van der Waals surface area contributed by atoms with Crippen molar-refractivity contribution in [3.8, 4) is 24.2 Å². The Morgan fingerprint density at radius 3 is 2.58 bits per heavy atom. The molecule has 0 atom stereocenters. The van der Waals surface area contributed by atoms with Crippen LogP contribution in [0.3, 0.4) is 0 Å². The molecule has 2 aromatic carbocycles. The van der Waals surface area contributed by atoms with Crippen LogP contribution in [0.1, 0.15) is 6.92 Å². The quantitative estimate of drug-likeness (QED) is 0.360. The second kappa shape index (κ2) is 13.7. The number of likely N-dealkylation sites (N-methyl/N-ethyl adjacent to an activating group) is 2. The number of thiazole rings is 1. The molecule has 2 N–H and O–H groups in total. The molecule has 0 aliphatic carbocycles. The van der Waals surface area contributed by atoms with Crippen molar-refractivity contribution in [3.05, 3.63) is 68.1 Å². The summed E-state index contributed by atoms with van der Waals surface area (Å²) in [6.45, 7) is 2.15. The van der Waals surface area contributed by atoms with E-state index in [9.17, 15) is 19.6 Å². The molecule has 1 aromatic heterocycles. The highest BCUT2D eigenvalue weighted by molar-refractivity contribution is 7.07. The molecule has 0 unspecified atom stereocenters. The van der Waals surface area contributed by atoms with Gasteiger partial charge in [-0.3, -0.25) is 19.0 Å². The van der Waals surface area contributed by atoms with E-state index in [0.717, 1.165) is 17.0 Å². The van der Waals surface area contributed by atoms with E-state index in [2.05, 4.69) is 16.6 Å². The van der Waals surface area contributed by atoms with Crippen molar-refractivity contribution in [1.29, 1.82) is 5.26 Å². The Morgan fingerprint density at radius 1 is 1.18 bits per heavy atom. The maximum atomic E-state index is 13.0. The number of carbonyl (C=O) groups is 2. The molecule has 0 saturated carbocycles. The molecule has 3 rings (SSSR count). The average molecular weight is 559 g/mol. The Balaban J connectivity index is 1.83. The number of anilines is 3. The van der Waals surface area contributed by atoms with Crippen LogP contribution >= 0.6 is 11.3 Å². The van der Waals surface area contributed by atoms with Crippen LogP contribution in [0.2, 0.25) is 0 Å². The Morgan fingerprint density at radius 2 is 1.90 bits per heavy atom. The Kier molecular flexibility index (Phi) is 10.1. The van der Waals surface area contributed by atoms with Gasteiger partial charge in [0.15, 0.2) is 5.57 Å². The Bertz CT molecular complexity index is 1660. The predicted molar refractivity (Wildman–Crippen MR) is 159 cm³/mol. The van der Waals surface area contributed by atoms with Crippen LogP contribution in [-0.2, 0) is 16.1 Å². The van der Waals surface area contributed by atoms with Gasteiger partial charge in [-0.25, -0.2) is 0 Å². The number of ether oxygens (including phenoxy) is 1. The fourth-order valence-electron chi connectivity index (χ4n) is 3.75. The van der Waals surface area contributed by atoms with E-state index in [4.69, 9.17) is 11.2 Å². The molecule has 40 heavy (non-hydrogen) atoms. The van der Waals surface area contributed by atoms with Gasteiger partial charge in [0.05, 0.1) is 20.2 Å². The van der Waals surface area contributed by atoms with Gasteiger partial charge in [-0.1, -0.05) is 18.1 Å². The fourth-order valence-corrected chi connectivity index (χ4v) is 4.84. The molecule has 0 saturated heterocycles. The standard InChI is InChI=1S/C29H30N6O4S/c1-6-14-31-27(37)24(17-30)29-35(7-2)28(38)25(40-29)18-32-20-10-8-12-22(15-20)34(4)26(36)19-33(3)21-11-9-13-23(16-21)39-5/h1,8-13,15-16,18,32H,7,14,19H2,2-5H3,(H,31,37). The molecule has 1 heterocycles. The van der Waals surface area contributed by atoms with Crippen LogP contribution in [0.4, 0.5) is 17.1 Å². The Hall–Kier alpha value is -5.00. The number of nitriles is 1. The molecule has 206 valence electrons. The SMILES string of the molecule is C#CCNC(=O)C(C#N)=c1sc(=CNc2cccc(N(C)C(=O)CN(C)c3cccc(OC)c3)c2)c(=O)n1CC. The lowest BCUT2D eigenvalue weighted by Crippen LogP contribution is -2.36. The molecular weight excluding hydrogens is 528 g/mol. The topological polar surface area (TPSA) is 120 Å². The summed E-state index contributed by atoms with van der Waals surface area (Å²) in [7, 11) is 5.12. The van der Waals surface area contributed by atoms with Gasteiger partial charge in [0.25, 0.3) is 11.5 Å². The lowest BCUT2D eigenvalue weighted by molar-refractivity contribution is -0.117. The minimum Gasteiger partial charge on any atom is -0.497 e. The maximum Gasteiger partial charge on any atom is 0.270 e. The van der Waals surface area contributed by atoms with E-state index in [1.807, 2.05) is 48.3 Å². The number of hydrogen-bond acceptors (Lipinski definition) is 8. The van der Waals surface area contributed by atoms with Crippen molar-refractivity contribution in [2.24, 2.45) is 0 Å². The normalized spacial score (nSPS) is 11.6. The fraction of sp³-hybridized carbons (Fsp3) is 0.241. The molecule has 0 aliphatic heterocycles. The number of aromatic nitrogens is 1. The molecular formula is C29H30N6O4S. The van der Waals surface area contributed by atoms with Gasteiger partial charge >= 0.3 is 0 Å². The lowest BCUT2D eigenvalue weighted by atomic mass is 10.2. The summed E-state index contributed by atoms with van der Waals surface area (Å²) in [4.78, 5) is 41.8. The molecule has 0 bridgehead atoms. The molecule has 0 spiro atoms. The Labute approximate surface area is 236 Å². The van der Waals surface area contributed by atoms with E-state index < -0.39 is 5.91 Å². The summed E-state index contributed by atoms with van der Waals surface area (Å²) in [5.74, 6) is 2.23. The molecule has 10 nitrogen and oxygen atoms in total. The minimum absolute atomic E-state index is 0.0309. The van der Waals surface area contributed by atoms with Gasteiger partial charge in [0.1, 0.15) is 21.0 Å². The predicted octanol–water partition coefficient (Wildman–Crippen LogP) is 1.31. The number of hydrogen-bond donors (Lipinski definition) is 2. The molecule has 0 fully saturated rings. The second-order valence-electron chi connectivity index (χ2n) is 8.54. The van der Waals surface area contributed by atoms with Crippen LogP contribution in [0.5, 0.6) is 5.75 Å². The number of carbonyl (C=O) groups excluding carboxylic acids is 2. The number of nitrogens with one attached hydrogen (secondary N) is 2. The van der Waals surface area contributed by atoms with Crippen LogP contribution < -0.4 is 39.9 Å². The van der Waals surface area contributed by atoms with Gasteiger partial charge in [-0.2, -0.15) is 5.26 Å². The van der Waals surface area contributed by atoms with Gasteiger partial charge in [-0.15, -0.1) is 17.8 Å². The van der Waals surface area contributed by atoms with Crippen LogP contribution in [0, 0.1) is 23.7 Å². The third-order valence-corrected chi connectivity index (χ3v) is 7.10. The molecule has 11 heteroatoms. The highest BCUT2D eigenvalue weighted by Gasteiger charge is 2.16. The summed E-state index contributed by atoms with van der Waals surface area (Å²) in [6, 6.07) is 16.5. The summed E-state index contributed by atoms with van der Waals surface area (Å²) >= 11 is 1.03. The first-order valence-electron chi connectivity index (χ1n) is 12.3. The highest BCUT2D eigenvalue weighted by atomic mass is 32.1. The number of amides is 2. The van der Waals surface area contributed by atoms with E-state index in [-0.39, 0.29) is 41.3 Å². The van der Waals surface area contributed by atoms with Gasteiger partial charge in [0.2, 0.25) is 5.91 Å². The van der Waals surface area contributed by atoms with E-state index in [1.54, 1.807) is 44.2 Å². The first-order chi connectivity index (χ1) is 19.2. The smallest absolute Gasteiger partial charge is 0.270 e.